The summed E-state index contributed by atoms with van der Waals surface area (Å²) in [5.74, 6) is 0. The van der Waals surface area contributed by atoms with Crippen LogP contribution in [0.5, 0.6) is 0 Å². The molecule has 0 aromatic heterocycles. The van der Waals surface area contributed by atoms with Crippen molar-refractivity contribution in [1.29, 1.82) is 0 Å². The minimum atomic E-state index is 0.487. The average molecular weight is 206 g/mol. The predicted octanol–water partition coefficient (Wildman–Crippen LogP) is 1.76. The first kappa shape index (κ1) is 9.02. The molecule has 0 atom stereocenters. The standard InChI is InChI=1S/C10H10N2OS/c1-6-2-3-7-9(14-13)5-4-8(11)10(7)12-6/h2-5,12H,11H2,1H3. The van der Waals surface area contributed by atoms with Crippen LogP contribution in [0.1, 0.15) is 5.69 Å². The normalized spacial score (nSPS) is 10.4. The fraction of sp³-hybridized carbons (Fsp3) is 0.100. The Bertz CT molecular complexity index is 540. The number of pyridine rings is 1. The van der Waals surface area contributed by atoms with Gasteiger partial charge in [-0.1, -0.05) is 0 Å². The fourth-order valence-electron chi connectivity index (χ4n) is 1.44. The first-order chi connectivity index (χ1) is 6.72. The van der Waals surface area contributed by atoms with Crippen LogP contribution in [0.3, 0.4) is 0 Å². The van der Waals surface area contributed by atoms with Crippen molar-refractivity contribution in [2.45, 2.75) is 6.92 Å². The van der Waals surface area contributed by atoms with Crippen LogP contribution >= 0.6 is 0 Å². The van der Waals surface area contributed by atoms with Crippen LogP contribution < -0.4 is 5.73 Å². The van der Waals surface area contributed by atoms with Crippen molar-refractivity contribution in [2.75, 3.05) is 5.73 Å². The van der Waals surface area contributed by atoms with E-state index in [0.29, 0.717) is 21.5 Å². The van der Waals surface area contributed by atoms with E-state index in [1.165, 1.54) is 0 Å². The van der Waals surface area contributed by atoms with E-state index in [4.69, 9.17) is 5.73 Å². The minimum absolute atomic E-state index is 0.487. The van der Waals surface area contributed by atoms with Gasteiger partial charge >= 0.3 is 0 Å². The summed E-state index contributed by atoms with van der Waals surface area (Å²) in [6.45, 7) is 1.95. The molecule has 2 rings (SSSR count). The highest BCUT2D eigenvalue weighted by Gasteiger charge is 2.07. The third-order valence-corrected chi connectivity index (χ3v) is 2.69. The Morgan fingerprint density at radius 1 is 1.29 bits per heavy atom. The van der Waals surface area contributed by atoms with Crippen LogP contribution in [0.4, 0.5) is 5.69 Å². The van der Waals surface area contributed by atoms with Gasteiger partial charge in [-0.25, -0.2) is 4.21 Å². The van der Waals surface area contributed by atoms with E-state index < -0.39 is 0 Å². The maximum absolute atomic E-state index is 10.8. The summed E-state index contributed by atoms with van der Waals surface area (Å²) in [6, 6.07) is 7.34. The molecule has 4 heteroatoms. The number of aromatic amines is 1. The maximum atomic E-state index is 10.8. The smallest absolute Gasteiger partial charge is 0.0972 e. The number of aromatic nitrogens is 1. The van der Waals surface area contributed by atoms with Crippen molar-refractivity contribution in [1.82, 2.24) is 4.98 Å². The molecule has 72 valence electrons. The highest BCUT2D eigenvalue weighted by Crippen LogP contribution is 2.26. The molecular weight excluding hydrogens is 196 g/mol. The number of H-pyrrole nitrogens is 1. The monoisotopic (exact) mass is 206 g/mol. The second kappa shape index (κ2) is 3.31. The lowest BCUT2D eigenvalue weighted by molar-refractivity contribution is 0.699. The van der Waals surface area contributed by atoms with Crippen molar-refractivity contribution >= 4 is 16.9 Å². The first-order valence-corrected chi connectivity index (χ1v) is 4.97. The highest BCUT2D eigenvalue weighted by atomic mass is 32.1. The molecule has 0 unspecified atom stereocenters. The molecule has 0 fully saturated rings. The summed E-state index contributed by atoms with van der Waals surface area (Å²) >= 11 is 0.487. The van der Waals surface area contributed by atoms with Gasteiger partial charge in [-0.3, -0.25) is 0 Å². The molecule has 1 heterocycles. The van der Waals surface area contributed by atoms with Gasteiger partial charge in [-0.15, -0.1) is 0 Å². The van der Waals surface area contributed by atoms with Gasteiger partial charge in [0.15, 0.2) is 0 Å². The fourth-order valence-corrected chi connectivity index (χ4v) is 1.83. The van der Waals surface area contributed by atoms with E-state index in [0.717, 1.165) is 17.0 Å². The van der Waals surface area contributed by atoms with Crippen molar-refractivity contribution in [2.24, 2.45) is 0 Å². The number of nitrogens with one attached hydrogen (secondary N) is 1. The molecule has 0 saturated heterocycles. The molecule has 0 aromatic rings. The van der Waals surface area contributed by atoms with Gasteiger partial charge in [-0.2, -0.15) is 0 Å². The second-order valence-corrected chi connectivity index (χ2v) is 3.77. The van der Waals surface area contributed by atoms with E-state index in [-0.39, 0.29) is 0 Å². The molecule has 0 saturated carbocycles. The topological polar surface area (TPSA) is 58.9 Å². The lowest BCUT2D eigenvalue weighted by Gasteiger charge is -2.09. The van der Waals surface area contributed by atoms with E-state index in [1.807, 2.05) is 19.1 Å². The zero-order chi connectivity index (χ0) is 10.1. The maximum Gasteiger partial charge on any atom is 0.0972 e. The zero-order valence-corrected chi connectivity index (χ0v) is 8.52. The van der Waals surface area contributed by atoms with Crippen LogP contribution in [0.2, 0.25) is 0 Å². The van der Waals surface area contributed by atoms with Crippen LogP contribution in [0.25, 0.3) is 11.3 Å². The van der Waals surface area contributed by atoms with Gasteiger partial charge in [0.25, 0.3) is 0 Å². The first-order valence-electron chi connectivity index (χ1n) is 4.23. The third kappa shape index (κ3) is 1.33. The summed E-state index contributed by atoms with van der Waals surface area (Å²) < 4.78 is 11.5. The van der Waals surface area contributed by atoms with Gasteiger partial charge in [0, 0.05) is 11.3 Å². The molecule has 1 aliphatic heterocycles. The molecule has 3 N–H and O–H groups in total. The Balaban J connectivity index is 2.97. The summed E-state index contributed by atoms with van der Waals surface area (Å²) in [5.41, 5.74) is 9.22. The molecule has 0 radical (unpaired) electrons. The molecule has 2 aliphatic rings. The Hall–Kier alpha value is -1.55. The molecule has 1 aliphatic carbocycles. The third-order valence-electron chi connectivity index (χ3n) is 2.15. The van der Waals surface area contributed by atoms with Gasteiger partial charge < -0.3 is 10.7 Å². The number of nitrogen functional groups attached to an aromatic ring is 1. The van der Waals surface area contributed by atoms with E-state index in [9.17, 15) is 4.21 Å². The van der Waals surface area contributed by atoms with Gasteiger partial charge in [0.1, 0.15) is 0 Å². The Morgan fingerprint density at radius 3 is 2.79 bits per heavy atom. The Morgan fingerprint density at radius 2 is 2.07 bits per heavy atom. The van der Waals surface area contributed by atoms with Crippen molar-refractivity contribution in [3.8, 4) is 11.3 Å². The number of aryl methyl sites for hydroxylation is 1. The number of hydrogen-bond acceptors (Lipinski definition) is 2. The van der Waals surface area contributed by atoms with Crippen LogP contribution in [-0.4, -0.2) is 9.19 Å². The minimum Gasteiger partial charge on any atom is -0.397 e. The molecule has 0 amide bonds. The lowest BCUT2D eigenvalue weighted by atomic mass is 10.1. The second-order valence-electron chi connectivity index (χ2n) is 3.17. The van der Waals surface area contributed by atoms with E-state index in [1.54, 1.807) is 12.1 Å². The van der Waals surface area contributed by atoms with Gasteiger partial charge in [-0.05, 0) is 31.2 Å². The summed E-state index contributed by atoms with van der Waals surface area (Å²) in [4.78, 5) is 3.16. The predicted molar refractivity (Wildman–Crippen MR) is 57.9 cm³/mol. The van der Waals surface area contributed by atoms with Gasteiger partial charge in [0.2, 0.25) is 0 Å². The lowest BCUT2D eigenvalue weighted by Crippen LogP contribution is -1.97. The van der Waals surface area contributed by atoms with E-state index >= 15 is 0 Å². The molecule has 0 aromatic carbocycles. The summed E-state index contributed by atoms with van der Waals surface area (Å²) in [7, 11) is 0. The molecule has 14 heavy (non-hydrogen) atoms. The van der Waals surface area contributed by atoms with Crippen LogP contribution in [0.15, 0.2) is 24.3 Å². The largest absolute Gasteiger partial charge is 0.397 e. The number of hydrogen-bond donors (Lipinski definition) is 2. The van der Waals surface area contributed by atoms with Crippen molar-refractivity contribution < 1.29 is 4.21 Å². The molecule has 3 nitrogen and oxygen atoms in total. The molecule has 0 bridgehead atoms. The SMILES string of the molecule is Cc1ccc2c(=S=O)ccc(N)c-2[nH]1. The van der Waals surface area contributed by atoms with Crippen LogP contribution in [-0.2, 0) is 11.3 Å². The number of benzene rings is 1. The molecule has 0 spiro atoms. The van der Waals surface area contributed by atoms with Crippen molar-refractivity contribution in [3.63, 3.8) is 0 Å². The quantitative estimate of drug-likeness (QED) is 0.509. The van der Waals surface area contributed by atoms with Crippen molar-refractivity contribution in [3.05, 3.63) is 34.5 Å². The number of rotatable bonds is 0. The number of fused-ring (bicyclic) bond motifs is 1. The van der Waals surface area contributed by atoms with Crippen LogP contribution in [0, 0.1) is 11.4 Å². The van der Waals surface area contributed by atoms with E-state index in [2.05, 4.69) is 4.98 Å². The number of nitrogens with two attached hydrogens (primary N) is 1. The summed E-state index contributed by atoms with van der Waals surface area (Å²) in [5, 5.41) is 0. The summed E-state index contributed by atoms with van der Waals surface area (Å²) in [6.07, 6.45) is 0. The Labute approximate surface area is 85.0 Å². The Kier molecular flexibility index (Phi) is 2.13. The average Bonchev–Trinajstić information content (AvgIpc) is 2.19. The number of anilines is 1. The van der Waals surface area contributed by atoms with Gasteiger partial charge in [0.05, 0.1) is 27.1 Å². The highest BCUT2D eigenvalue weighted by molar-refractivity contribution is 7.57. The molecular formula is C10H10N2OS. The zero-order valence-electron chi connectivity index (χ0n) is 7.70.